The van der Waals surface area contributed by atoms with Crippen LogP contribution in [0.25, 0.3) is 0 Å². The molecule has 4 heteroatoms. The van der Waals surface area contributed by atoms with Crippen molar-refractivity contribution in [3.8, 4) is 0 Å². The first-order chi connectivity index (χ1) is 27.2. The highest BCUT2D eigenvalue weighted by Crippen LogP contribution is 2.09. The molecule has 0 rings (SSSR count). The van der Waals surface area contributed by atoms with Crippen LogP contribution in [0.1, 0.15) is 155 Å². The molecule has 0 amide bonds. The Morgan fingerprint density at radius 3 is 1.13 bits per heavy atom. The number of hydrogen-bond donors (Lipinski definition) is 1. The maximum absolute atomic E-state index is 12.2. The summed E-state index contributed by atoms with van der Waals surface area (Å²) in [7, 11) is 0. The van der Waals surface area contributed by atoms with Crippen LogP contribution in [0.5, 0.6) is 0 Å². The molecule has 4 nitrogen and oxygen atoms in total. The molecule has 0 radical (unpaired) electrons. The Hall–Kier alpha value is -3.47. The Morgan fingerprint density at radius 2 is 0.764 bits per heavy atom. The van der Waals surface area contributed by atoms with Crippen molar-refractivity contribution < 1.29 is 19.4 Å². The molecule has 0 heterocycles. The highest BCUT2D eigenvalue weighted by atomic mass is 16.6. The second kappa shape index (κ2) is 46.7. The molecule has 55 heavy (non-hydrogen) atoms. The van der Waals surface area contributed by atoms with Gasteiger partial charge in [0.15, 0.2) is 0 Å². The van der Waals surface area contributed by atoms with Crippen molar-refractivity contribution in [3.63, 3.8) is 0 Å². The fourth-order valence-corrected chi connectivity index (χ4v) is 5.30. The quantitative estimate of drug-likeness (QED) is 0.0387. The number of unbranched alkanes of at least 4 members (excludes halogenated alkanes) is 8. The Labute approximate surface area is 339 Å². The fourth-order valence-electron chi connectivity index (χ4n) is 5.30. The van der Waals surface area contributed by atoms with Gasteiger partial charge >= 0.3 is 5.97 Å². The van der Waals surface area contributed by atoms with Gasteiger partial charge in [-0.1, -0.05) is 173 Å². The van der Waals surface area contributed by atoms with Gasteiger partial charge in [0.05, 0.1) is 13.2 Å². The van der Waals surface area contributed by atoms with Gasteiger partial charge in [-0.3, -0.25) is 4.79 Å². The van der Waals surface area contributed by atoms with Gasteiger partial charge in [0, 0.05) is 13.0 Å². The van der Waals surface area contributed by atoms with Gasteiger partial charge in [-0.15, -0.1) is 0 Å². The van der Waals surface area contributed by atoms with Crippen LogP contribution in [0.4, 0.5) is 0 Å². The smallest absolute Gasteiger partial charge is 0.306 e. The number of rotatable bonds is 38. The van der Waals surface area contributed by atoms with Crippen molar-refractivity contribution in [3.05, 3.63) is 134 Å². The average Bonchev–Trinajstić information content (AvgIpc) is 3.19. The van der Waals surface area contributed by atoms with E-state index in [1.165, 1.54) is 12.8 Å². The van der Waals surface area contributed by atoms with Crippen molar-refractivity contribution in [2.75, 3.05) is 19.8 Å². The number of hydrogen-bond acceptors (Lipinski definition) is 4. The number of aliphatic hydroxyl groups is 1. The summed E-state index contributed by atoms with van der Waals surface area (Å²) in [5.74, 6) is -0.240. The lowest BCUT2D eigenvalue weighted by Crippen LogP contribution is -2.27. The summed E-state index contributed by atoms with van der Waals surface area (Å²) in [4.78, 5) is 12.2. The topological polar surface area (TPSA) is 55.8 Å². The minimum Gasteiger partial charge on any atom is -0.457 e. The number of ether oxygens (including phenoxy) is 2. The lowest BCUT2D eigenvalue weighted by atomic mass is 10.1. The van der Waals surface area contributed by atoms with Crippen LogP contribution in [-0.4, -0.2) is 37.0 Å². The summed E-state index contributed by atoms with van der Waals surface area (Å²) >= 11 is 0. The predicted molar refractivity (Wildman–Crippen MR) is 241 cm³/mol. The number of carbonyl (C=O) groups is 1. The van der Waals surface area contributed by atoms with Crippen LogP contribution < -0.4 is 0 Å². The SMILES string of the molecule is CC/C=C\C/C=C\C/C=C\C/C=C\C/C=C\C/C=C\C/C=C\CCCCCCOCC(CO)OC(=O)CCCCCC/C=C\C/C=C\C/C=C\C/C=C\CC. The summed E-state index contributed by atoms with van der Waals surface area (Å²) in [6.07, 6.45) is 70.8. The average molecular weight is 757 g/mol. The van der Waals surface area contributed by atoms with Gasteiger partial charge in [0.1, 0.15) is 6.10 Å². The molecule has 1 atom stereocenters. The first kappa shape index (κ1) is 51.5. The molecule has 1 unspecified atom stereocenters. The zero-order valence-corrected chi connectivity index (χ0v) is 35.1. The Balaban J connectivity index is 3.62. The van der Waals surface area contributed by atoms with E-state index in [0.717, 1.165) is 122 Å². The summed E-state index contributed by atoms with van der Waals surface area (Å²) in [6, 6.07) is 0. The monoisotopic (exact) mass is 757 g/mol. The molecule has 0 aliphatic carbocycles. The number of esters is 1. The number of allylic oxidation sites excluding steroid dienone is 22. The van der Waals surface area contributed by atoms with Crippen LogP contribution in [0.15, 0.2) is 134 Å². The van der Waals surface area contributed by atoms with Crippen molar-refractivity contribution in [2.24, 2.45) is 0 Å². The molecule has 0 spiro atoms. The van der Waals surface area contributed by atoms with E-state index in [0.29, 0.717) is 13.0 Å². The second-order valence-electron chi connectivity index (χ2n) is 13.6. The summed E-state index contributed by atoms with van der Waals surface area (Å²) in [5.41, 5.74) is 0. The van der Waals surface area contributed by atoms with Gasteiger partial charge in [-0.2, -0.15) is 0 Å². The zero-order valence-electron chi connectivity index (χ0n) is 35.1. The van der Waals surface area contributed by atoms with E-state index in [-0.39, 0.29) is 19.2 Å². The number of aliphatic hydroxyl groups excluding tert-OH is 1. The highest BCUT2D eigenvalue weighted by molar-refractivity contribution is 5.69. The third-order valence-electron chi connectivity index (χ3n) is 8.47. The lowest BCUT2D eigenvalue weighted by Gasteiger charge is -2.15. The minimum absolute atomic E-state index is 0.203. The fraction of sp³-hybridized carbons (Fsp3) is 0.549. The second-order valence-corrected chi connectivity index (χ2v) is 13.6. The van der Waals surface area contributed by atoms with Gasteiger partial charge in [-0.25, -0.2) is 0 Å². The lowest BCUT2D eigenvalue weighted by molar-refractivity contribution is -0.154. The van der Waals surface area contributed by atoms with Crippen molar-refractivity contribution in [2.45, 2.75) is 161 Å². The maximum Gasteiger partial charge on any atom is 0.306 e. The van der Waals surface area contributed by atoms with Crippen LogP contribution in [0.3, 0.4) is 0 Å². The predicted octanol–water partition coefficient (Wildman–Crippen LogP) is 14.6. The van der Waals surface area contributed by atoms with Gasteiger partial charge < -0.3 is 14.6 Å². The van der Waals surface area contributed by atoms with Crippen molar-refractivity contribution >= 4 is 5.97 Å². The van der Waals surface area contributed by atoms with Crippen LogP contribution in [0, 0.1) is 0 Å². The van der Waals surface area contributed by atoms with E-state index in [9.17, 15) is 9.90 Å². The third kappa shape index (κ3) is 44.8. The molecule has 0 aliphatic rings. The summed E-state index contributed by atoms with van der Waals surface area (Å²) < 4.78 is 11.1. The zero-order chi connectivity index (χ0) is 39.8. The Morgan fingerprint density at radius 1 is 0.436 bits per heavy atom. The molecule has 308 valence electrons. The molecule has 0 fully saturated rings. The van der Waals surface area contributed by atoms with E-state index in [1.807, 2.05) is 0 Å². The first-order valence-electron chi connectivity index (χ1n) is 21.8. The number of carbonyl (C=O) groups excluding carboxylic acids is 1. The normalized spacial score (nSPS) is 13.7. The molecule has 0 aromatic heterocycles. The van der Waals surface area contributed by atoms with E-state index >= 15 is 0 Å². The molecule has 0 bridgehead atoms. The van der Waals surface area contributed by atoms with E-state index in [2.05, 4.69) is 148 Å². The van der Waals surface area contributed by atoms with E-state index in [1.54, 1.807) is 0 Å². The summed E-state index contributed by atoms with van der Waals surface area (Å²) in [5, 5.41) is 9.60. The molecule has 1 N–H and O–H groups in total. The molecular weight excluding hydrogens is 677 g/mol. The standard InChI is InChI=1S/C51H80O4/c1-3-5-7-9-11-13-15-17-19-21-22-23-24-25-26-27-28-29-31-33-35-37-39-41-43-45-47-54-49-50(48-52)55-51(53)46-44-42-40-38-36-34-32-30-20-18-16-14-12-10-8-6-4-2/h5-8,11-14,17-20,22-23,25-26,28-29,32-35,50,52H,3-4,9-10,15-16,21,24,27,30-31,36-49H2,1-2H3/b7-5-,8-6-,13-11-,14-12-,19-17-,20-18-,23-22-,26-25-,29-28-,34-32-,35-33-. The molecule has 0 saturated carbocycles. The van der Waals surface area contributed by atoms with E-state index in [4.69, 9.17) is 9.47 Å². The minimum atomic E-state index is -0.572. The Bertz CT molecular complexity index is 1160. The van der Waals surface area contributed by atoms with Gasteiger partial charge in [0.2, 0.25) is 0 Å². The Kier molecular flexibility index (Phi) is 43.7. The maximum atomic E-state index is 12.2. The van der Waals surface area contributed by atoms with Gasteiger partial charge in [0.25, 0.3) is 0 Å². The molecule has 0 aromatic carbocycles. The molecule has 0 aromatic rings. The first-order valence-corrected chi connectivity index (χ1v) is 21.8. The largest absolute Gasteiger partial charge is 0.457 e. The van der Waals surface area contributed by atoms with Crippen molar-refractivity contribution in [1.29, 1.82) is 0 Å². The molecular formula is C51H80O4. The summed E-state index contributed by atoms with van der Waals surface area (Å²) in [6.45, 7) is 5.00. The third-order valence-corrected chi connectivity index (χ3v) is 8.47. The van der Waals surface area contributed by atoms with E-state index < -0.39 is 6.10 Å². The molecule has 0 saturated heterocycles. The van der Waals surface area contributed by atoms with Crippen LogP contribution >= 0.6 is 0 Å². The highest BCUT2D eigenvalue weighted by Gasteiger charge is 2.13. The molecule has 0 aliphatic heterocycles. The van der Waals surface area contributed by atoms with Crippen LogP contribution in [-0.2, 0) is 14.3 Å². The van der Waals surface area contributed by atoms with Gasteiger partial charge in [-0.05, 0) is 109 Å². The van der Waals surface area contributed by atoms with Crippen LogP contribution in [0.2, 0.25) is 0 Å². The van der Waals surface area contributed by atoms with Crippen molar-refractivity contribution in [1.82, 2.24) is 0 Å².